The van der Waals surface area contributed by atoms with Gasteiger partial charge in [-0.1, -0.05) is 42.5 Å². The molecule has 1 atom stereocenters. The van der Waals surface area contributed by atoms with Crippen molar-refractivity contribution in [1.82, 2.24) is 15.5 Å². The van der Waals surface area contributed by atoms with Crippen molar-refractivity contribution in [3.8, 4) is 17.1 Å². The third-order valence-corrected chi connectivity index (χ3v) is 7.43. The number of rotatable bonds is 14. The van der Waals surface area contributed by atoms with Crippen LogP contribution in [-0.4, -0.2) is 46.9 Å². The molecular weight excluding hydrogens is 564 g/mol. The summed E-state index contributed by atoms with van der Waals surface area (Å²) in [5.41, 5.74) is 4.36. The fourth-order valence-corrected chi connectivity index (χ4v) is 5.32. The van der Waals surface area contributed by atoms with Crippen molar-refractivity contribution in [1.29, 1.82) is 0 Å². The number of nitro benzene ring substituents is 1. The summed E-state index contributed by atoms with van der Waals surface area (Å²) in [5, 5.41) is 22.2. The van der Waals surface area contributed by atoms with E-state index in [0.29, 0.717) is 30.3 Å². The van der Waals surface area contributed by atoms with E-state index in [4.69, 9.17) is 14.2 Å². The van der Waals surface area contributed by atoms with E-state index >= 15 is 0 Å². The van der Waals surface area contributed by atoms with Crippen molar-refractivity contribution in [2.75, 3.05) is 19.8 Å². The SMILES string of the molecule is CCOC(=O)C1=C(C)NC(C)=C(C(=O)OCCCCCCOc2cc(-c3ccccc3C)[nH]n2)C1c1ccccc1[N+](=O)[O-]. The Hall–Kier alpha value is -4.93. The Labute approximate surface area is 256 Å². The molecule has 2 N–H and O–H groups in total. The van der Waals surface area contributed by atoms with E-state index in [1.54, 1.807) is 39.0 Å². The molecule has 2 heterocycles. The molecule has 11 heteroatoms. The first kappa shape index (κ1) is 32.0. The molecular formula is C33H38N4O7. The number of para-hydroxylation sites is 1. The van der Waals surface area contributed by atoms with Crippen LogP contribution in [0.3, 0.4) is 0 Å². The van der Waals surface area contributed by atoms with E-state index in [0.717, 1.165) is 36.1 Å². The summed E-state index contributed by atoms with van der Waals surface area (Å²) in [4.78, 5) is 37.8. The number of hydrogen-bond donors (Lipinski definition) is 2. The topological polar surface area (TPSA) is 146 Å². The number of H-pyrrole nitrogens is 1. The third-order valence-electron chi connectivity index (χ3n) is 7.43. The van der Waals surface area contributed by atoms with Crippen LogP contribution in [0.2, 0.25) is 0 Å². The lowest BCUT2D eigenvalue weighted by Gasteiger charge is -2.30. The number of aromatic amines is 1. The number of nitrogens with one attached hydrogen (secondary N) is 2. The van der Waals surface area contributed by atoms with E-state index in [9.17, 15) is 19.7 Å². The summed E-state index contributed by atoms with van der Waals surface area (Å²) in [5.74, 6) is -1.77. The molecule has 0 saturated carbocycles. The van der Waals surface area contributed by atoms with Crippen LogP contribution in [-0.2, 0) is 19.1 Å². The van der Waals surface area contributed by atoms with Gasteiger partial charge in [0.25, 0.3) is 5.69 Å². The van der Waals surface area contributed by atoms with Crippen molar-refractivity contribution in [3.63, 3.8) is 0 Å². The second kappa shape index (κ2) is 15.0. The molecule has 0 aliphatic carbocycles. The minimum Gasteiger partial charge on any atom is -0.477 e. The second-order valence-corrected chi connectivity index (χ2v) is 10.5. The zero-order valence-electron chi connectivity index (χ0n) is 25.5. The molecule has 0 radical (unpaired) electrons. The molecule has 0 bridgehead atoms. The quantitative estimate of drug-likeness (QED) is 0.0943. The predicted molar refractivity (Wildman–Crippen MR) is 165 cm³/mol. The highest BCUT2D eigenvalue weighted by Gasteiger charge is 2.40. The van der Waals surface area contributed by atoms with Crippen LogP contribution >= 0.6 is 0 Å². The number of unbranched alkanes of at least 4 members (excludes halogenated alkanes) is 3. The van der Waals surface area contributed by atoms with Gasteiger partial charge in [0.2, 0.25) is 5.88 Å². The Kier molecular flexibility index (Phi) is 10.9. The number of nitrogens with zero attached hydrogens (tertiary/aromatic N) is 2. The van der Waals surface area contributed by atoms with Crippen molar-refractivity contribution >= 4 is 17.6 Å². The van der Waals surface area contributed by atoms with E-state index in [-0.39, 0.29) is 35.6 Å². The van der Waals surface area contributed by atoms with Crippen LogP contribution in [0.1, 0.15) is 63.5 Å². The summed E-state index contributed by atoms with van der Waals surface area (Å²) in [6, 6.07) is 16.0. The van der Waals surface area contributed by atoms with Crippen molar-refractivity contribution in [2.45, 2.75) is 59.3 Å². The molecule has 1 aliphatic heterocycles. The van der Waals surface area contributed by atoms with Crippen LogP contribution in [0.5, 0.6) is 5.88 Å². The van der Waals surface area contributed by atoms with Crippen LogP contribution in [0.15, 0.2) is 77.1 Å². The van der Waals surface area contributed by atoms with Crippen LogP contribution in [0.4, 0.5) is 5.69 Å². The molecule has 2 aromatic carbocycles. The van der Waals surface area contributed by atoms with Gasteiger partial charge in [0, 0.05) is 34.7 Å². The summed E-state index contributed by atoms with van der Waals surface area (Å²) >= 11 is 0. The maximum Gasteiger partial charge on any atom is 0.336 e. The molecule has 1 aliphatic rings. The Morgan fingerprint density at radius 3 is 2.20 bits per heavy atom. The number of benzene rings is 2. The molecule has 1 unspecified atom stereocenters. The zero-order valence-corrected chi connectivity index (χ0v) is 25.5. The van der Waals surface area contributed by atoms with E-state index in [1.165, 1.54) is 6.07 Å². The fraction of sp³-hybridized carbons (Fsp3) is 0.364. The van der Waals surface area contributed by atoms with Gasteiger partial charge in [0.05, 0.1) is 47.5 Å². The number of dihydropyridines is 1. The number of allylic oxidation sites excluding steroid dienone is 2. The number of ether oxygens (including phenoxy) is 3. The minimum atomic E-state index is -1.02. The maximum atomic E-state index is 13.4. The average Bonchev–Trinajstić information content (AvgIpc) is 3.47. The standard InChI is InChI=1S/C33H38N4O7/c1-5-42-32(38)29-22(3)34-23(4)30(31(29)25-16-10-11-17-27(25)37(40)41)33(39)44-19-13-7-6-12-18-43-28-20-26(35-36-28)24-15-9-8-14-21(24)2/h8-11,14-17,20,31,34H,5-7,12-13,18-19H2,1-4H3,(H,35,36). The van der Waals surface area contributed by atoms with Gasteiger partial charge >= 0.3 is 11.9 Å². The van der Waals surface area contributed by atoms with E-state index in [1.807, 2.05) is 37.3 Å². The molecule has 0 spiro atoms. The number of nitro groups is 1. The first-order valence-electron chi connectivity index (χ1n) is 14.7. The highest BCUT2D eigenvalue weighted by atomic mass is 16.6. The number of aromatic nitrogens is 2. The Bertz CT molecular complexity index is 1570. The number of aryl methyl sites for hydroxylation is 1. The Morgan fingerprint density at radius 2 is 1.52 bits per heavy atom. The fourth-order valence-electron chi connectivity index (χ4n) is 5.32. The number of hydrogen-bond acceptors (Lipinski definition) is 9. The van der Waals surface area contributed by atoms with Gasteiger partial charge in [-0.2, -0.15) is 0 Å². The minimum absolute atomic E-state index is 0.114. The molecule has 0 fully saturated rings. The summed E-state index contributed by atoms with van der Waals surface area (Å²) in [6.45, 7) is 7.87. The molecule has 0 saturated heterocycles. The summed E-state index contributed by atoms with van der Waals surface area (Å²) in [7, 11) is 0. The van der Waals surface area contributed by atoms with Gasteiger partial charge in [0.15, 0.2) is 0 Å². The molecule has 3 aromatic rings. The van der Waals surface area contributed by atoms with Crippen LogP contribution in [0.25, 0.3) is 11.3 Å². The van der Waals surface area contributed by atoms with Crippen molar-refractivity contribution in [3.05, 3.63) is 98.4 Å². The smallest absolute Gasteiger partial charge is 0.336 e. The number of carbonyl (C=O) groups excluding carboxylic acids is 2. The molecule has 44 heavy (non-hydrogen) atoms. The van der Waals surface area contributed by atoms with Gasteiger partial charge in [-0.15, -0.1) is 5.10 Å². The lowest BCUT2D eigenvalue weighted by molar-refractivity contribution is -0.385. The molecule has 4 rings (SSSR count). The van der Waals surface area contributed by atoms with Crippen LogP contribution < -0.4 is 10.1 Å². The van der Waals surface area contributed by atoms with Gasteiger partial charge in [-0.3, -0.25) is 15.2 Å². The largest absolute Gasteiger partial charge is 0.477 e. The highest BCUT2D eigenvalue weighted by molar-refractivity contribution is 6.00. The monoisotopic (exact) mass is 602 g/mol. The van der Waals surface area contributed by atoms with Crippen LogP contribution in [0, 0.1) is 17.0 Å². The third kappa shape index (κ3) is 7.52. The molecule has 0 amide bonds. The summed E-state index contributed by atoms with van der Waals surface area (Å²) in [6.07, 6.45) is 3.11. The highest BCUT2D eigenvalue weighted by Crippen LogP contribution is 2.42. The maximum absolute atomic E-state index is 13.4. The first-order valence-corrected chi connectivity index (χ1v) is 14.7. The Balaban J connectivity index is 1.32. The van der Waals surface area contributed by atoms with Gasteiger partial charge in [0.1, 0.15) is 0 Å². The summed E-state index contributed by atoms with van der Waals surface area (Å²) < 4.78 is 16.7. The lowest BCUT2D eigenvalue weighted by atomic mass is 9.79. The van der Waals surface area contributed by atoms with Gasteiger partial charge < -0.3 is 19.5 Å². The first-order chi connectivity index (χ1) is 21.2. The molecule has 232 valence electrons. The van der Waals surface area contributed by atoms with E-state index < -0.39 is 22.8 Å². The molecule has 1 aromatic heterocycles. The zero-order chi connectivity index (χ0) is 31.6. The number of esters is 2. The average molecular weight is 603 g/mol. The lowest BCUT2D eigenvalue weighted by Crippen LogP contribution is -2.33. The molecule has 11 nitrogen and oxygen atoms in total. The van der Waals surface area contributed by atoms with Gasteiger partial charge in [-0.05, 0) is 58.9 Å². The number of carbonyl (C=O) groups is 2. The van der Waals surface area contributed by atoms with E-state index in [2.05, 4.69) is 15.5 Å². The normalized spacial score (nSPS) is 14.7. The van der Waals surface area contributed by atoms with Crippen molar-refractivity contribution in [2.24, 2.45) is 0 Å². The Morgan fingerprint density at radius 1 is 0.886 bits per heavy atom. The predicted octanol–water partition coefficient (Wildman–Crippen LogP) is 6.27. The second-order valence-electron chi connectivity index (χ2n) is 10.5. The van der Waals surface area contributed by atoms with Gasteiger partial charge in [-0.25, -0.2) is 9.59 Å². The van der Waals surface area contributed by atoms with Crippen molar-refractivity contribution < 1.29 is 28.7 Å².